The molecule has 1 atom stereocenters. The zero-order chi connectivity index (χ0) is 13.7. The van der Waals surface area contributed by atoms with E-state index >= 15 is 0 Å². The number of carbonyl (C=O) groups is 1. The topological polar surface area (TPSA) is 45.2 Å². The lowest BCUT2D eigenvalue weighted by atomic mass is 10.0. The van der Waals surface area contributed by atoms with Gasteiger partial charge in [0.05, 0.1) is 0 Å². The quantitative estimate of drug-likeness (QED) is 0.810. The van der Waals surface area contributed by atoms with Crippen LogP contribution in [0.15, 0.2) is 18.3 Å². The van der Waals surface area contributed by atoms with Crippen LogP contribution in [-0.2, 0) is 0 Å². The molecule has 5 heteroatoms. The van der Waals surface area contributed by atoms with E-state index in [0.29, 0.717) is 11.5 Å². The molecule has 100 valence electrons. The number of hydrogen-bond acceptors (Lipinski definition) is 3. The molecule has 4 nitrogen and oxygen atoms in total. The first-order valence-corrected chi connectivity index (χ1v) is 5.97. The molecule has 1 aromatic heterocycles. The van der Waals surface area contributed by atoms with E-state index in [0.717, 1.165) is 12.6 Å². The maximum absolute atomic E-state index is 12.9. The number of carbonyl (C=O) groups excluding carboxylic acids is 1. The lowest BCUT2D eigenvalue weighted by Crippen LogP contribution is -2.45. The summed E-state index contributed by atoms with van der Waals surface area (Å²) in [5.74, 6) is -0.601. The molecule has 1 rings (SSSR count). The Labute approximate surface area is 107 Å². The van der Waals surface area contributed by atoms with E-state index in [2.05, 4.69) is 10.3 Å². The number of likely N-dealkylation sites (N-methyl/N-ethyl adjacent to an activating group) is 1. The molecular weight excluding hydrogens is 233 g/mol. The minimum atomic E-state index is -0.642. The molecule has 0 saturated heterocycles. The van der Waals surface area contributed by atoms with Crippen molar-refractivity contribution >= 4 is 5.91 Å². The Morgan fingerprint density at radius 1 is 1.50 bits per heavy atom. The highest BCUT2D eigenvalue weighted by molar-refractivity contribution is 5.94. The molecule has 0 aliphatic heterocycles. The van der Waals surface area contributed by atoms with E-state index in [1.807, 2.05) is 32.8 Å². The maximum atomic E-state index is 12.9. The number of halogens is 1. The predicted molar refractivity (Wildman–Crippen MR) is 68.8 cm³/mol. The Kier molecular flexibility index (Phi) is 5.22. The summed E-state index contributed by atoms with van der Waals surface area (Å²) in [5.41, 5.74) is 0.298. The number of hydrogen-bond donors (Lipinski definition) is 1. The summed E-state index contributed by atoms with van der Waals surface area (Å²) in [6, 6.07) is 2.68. The van der Waals surface area contributed by atoms with Crippen LogP contribution in [0.25, 0.3) is 0 Å². The third kappa shape index (κ3) is 4.41. The number of amides is 1. The van der Waals surface area contributed by atoms with Gasteiger partial charge in [-0.25, -0.2) is 4.98 Å². The molecule has 1 amide bonds. The second-order valence-corrected chi connectivity index (χ2v) is 4.95. The molecule has 0 spiro atoms. The van der Waals surface area contributed by atoms with Gasteiger partial charge >= 0.3 is 0 Å². The van der Waals surface area contributed by atoms with Gasteiger partial charge in [0.2, 0.25) is 5.95 Å². The van der Waals surface area contributed by atoms with Gasteiger partial charge in [0, 0.05) is 30.4 Å². The molecule has 0 bridgehead atoms. The van der Waals surface area contributed by atoms with E-state index in [1.165, 1.54) is 12.3 Å². The van der Waals surface area contributed by atoms with E-state index in [4.69, 9.17) is 0 Å². The second-order valence-electron chi connectivity index (χ2n) is 4.95. The zero-order valence-corrected chi connectivity index (χ0v) is 11.3. The first-order valence-electron chi connectivity index (χ1n) is 5.97. The van der Waals surface area contributed by atoms with Crippen molar-refractivity contribution in [1.82, 2.24) is 15.2 Å². The summed E-state index contributed by atoms with van der Waals surface area (Å²) in [7, 11) is 3.90. The average molecular weight is 253 g/mol. The average Bonchev–Trinajstić information content (AvgIpc) is 2.27. The molecule has 0 aliphatic carbocycles. The summed E-state index contributed by atoms with van der Waals surface area (Å²) < 4.78 is 12.9. The highest BCUT2D eigenvalue weighted by atomic mass is 19.1. The van der Waals surface area contributed by atoms with Crippen molar-refractivity contribution in [3.8, 4) is 0 Å². The molecule has 1 unspecified atom stereocenters. The van der Waals surface area contributed by atoms with E-state index in [1.54, 1.807) is 0 Å². The molecule has 0 aliphatic rings. The van der Waals surface area contributed by atoms with Crippen LogP contribution in [0, 0.1) is 11.9 Å². The molecule has 1 aromatic rings. The molecule has 1 heterocycles. The van der Waals surface area contributed by atoms with Crippen LogP contribution in [0.3, 0.4) is 0 Å². The van der Waals surface area contributed by atoms with Gasteiger partial charge in [-0.2, -0.15) is 4.39 Å². The Morgan fingerprint density at radius 3 is 2.67 bits per heavy atom. The number of nitrogens with one attached hydrogen (secondary N) is 1. The number of nitrogens with zero attached hydrogens (tertiary/aromatic N) is 2. The van der Waals surface area contributed by atoms with Crippen LogP contribution in [0.5, 0.6) is 0 Å². The van der Waals surface area contributed by atoms with Crippen molar-refractivity contribution in [3.05, 3.63) is 29.8 Å². The number of aromatic nitrogens is 1. The van der Waals surface area contributed by atoms with E-state index in [9.17, 15) is 9.18 Å². The molecule has 0 fully saturated rings. The lowest BCUT2D eigenvalue weighted by molar-refractivity contribution is 0.0916. The predicted octanol–water partition coefficient (Wildman–Crippen LogP) is 1.54. The Morgan fingerprint density at radius 2 is 2.17 bits per heavy atom. The maximum Gasteiger partial charge on any atom is 0.251 e. The second kappa shape index (κ2) is 6.44. The molecule has 0 radical (unpaired) electrons. The van der Waals surface area contributed by atoms with Gasteiger partial charge in [0.25, 0.3) is 5.91 Å². The Balaban J connectivity index is 2.72. The number of rotatable bonds is 5. The van der Waals surface area contributed by atoms with Gasteiger partial charge in [0.1, 0.15) is 0 Å². The van der Waals surface area contributed by atoms with Crippen molar-refractivity contribution in [2.45, 2.75) is 19.9 Å². The monoisotopic (exact) mass is 253 g/mol. The first kappa shape index (κ1) is 14.6. The summed E-state index contributed by atoms with van der Waals surface area (Å²) in [4.78, 5) is 17.4. The van der Waals surface area contributed by atoms with Crippen molar-refractivity contribution < 1.29 is 9.18 Å². The fourth-order valence-electron chi connectivity index (χ4n) is 1.61. The normalized spacial score (nSPS) is 12.8. The van der Waals surface area contributed by atoms with Gasteiger partial charge in [-0.3, -0.25) is 4.79 Å². The fourth-order valence-corrected chi connectivity index (χ4v) is 1.61. The van der Waals surface area contributed by atoms with Gasteiger partial charge < -0.3 is 10.2 Å². The summed E-state index contributed by atoms with van der Waals surface area (Å²) >= 11 is 0. The van der Waals surface area contributed by atoms with Crippen LogP contribution in [-0.4, -0.2) is 42.5 Å². The first-order chi connectivity index (χ1) is 8.40. The van der Waals surface area contributed by atoms with Crippen molar-refractivity contribution in [1.29, 1.82) is 0 Å². The number of pyridine rings is 1. The van der Waals surface area contributed by atoms with Crippen LogP contribution >= 0.6 is 0 Å². The lowest BCUT2D eigenvalue weighted by Gasteiger charge is -2.25. The van der Waals surface area contributed by atoms with E-state index in [-0.39, 0.29) is 11.9 Å². The third-order valence-corrected chi connectivity index (χ3v) is 2.67. The largest absolute Gasteiger partial charge is 0.348 e. The molecule has 1 N–H and O–H groups in total. The van der Waals surface area contributed by atoms with Crippen molar-refractivity contribution in [3.63, 3.8) is 0 Å². The Hall–Kier alpha value is -1.49. The van der Waals surface area contributed by atoms with Crippen molar-refractivity contribution in [2.24, 2.45) is 5.92 Å². The minimum Gasteiger partial charge on any atom is -0.348 e. The van der Waals surface area contributed by atoms with Gasteiger partial charge in [0.15, 0.2) is 0 Å². The molecule has 18 heavy (non-hydrogen) atoms. The highest BCUT2D eigenvalue weighted by Gasteiger charge is 2.18. The SMILES string of the molecule is CC(C)C(CN(C)C)NC(=O)c1ccnc(F)c1. The van der Waals surface area contributed by atoms with Crippen LogP contribution < -0.4 is 5.32 Å². The zero-order valence-electron chi connectivity index (χ0n) is 11.3. The minimum absolute atomic E-state index is 0.0312. The Bertz CT molecular complexity index is 407. The van der Waals surface area contributed by atoms with E-state index < -0.39 is 5.95 Å². The van der Waals surface area contributed by atoms with Gasteiger partial charge in [-0.15, -0.1) is 0 Å². The van der Waals surface area contributed by atoms with Gasteiger partial charge in [-0.1, -0.05) is 13.8 Å². The molecular formula is C13H20FN3O. The van der Waals surface area contributed by atoms with Crippen LogP contribution in [0.4, 0.5) is 4.39 Å². The third-order valence-electron chi connectivity index (χ3n) is 2.67. The van der Waals surface area contributed by atoms with Crippen LogP contribution in [0.1, 0.15) is 24.2 Å². The van der Waals surface area contributed by atoms with Crippen LogP contribution in [0.2, 0.25) is 0 Å². The van der Waals surface area contributed by atoms with Crippen molar-refractivity contribution in [2.75, 3.05) is 20.6 Å². The van der Waals surface area contributed by atoms with Gasteiger partial charge in [-0.05, 0) is 26.1 Å². The standard InChI is InChI=1S/C13H20FN3O/c1-9(2)11(8-17(3)4)16-13(18)10-5-6-15-12(14)7-10/h5-7,9,11H,8H2,1-4H3,(H,16,18). The fraction of sp³-hybridized carbons (Fsp3) is 0.538. The summed E-state index contributed by atoms with van der Waals surface area (Å²) in [6.45, 7) is 4.83. The molecule has 0 aromatic carbocycles. The smallest absolute Gasteiger partial charge is 0.251 e. The summed E-state index contributed by atoms with van der Waals surface area (Å²) in [5, 5.41) is 2.92. The molecule has 0 saturated carbocycles. The summed E-state index contributed by atoms with van der Waals surface area (Å²) in [6.07, 6.45) is 1.29. The highest BCUT2D eigenvalue weighted by Crippen LogP contribution is 2.06.